The number of fused-ring (bicyclic) bond motifs is 1. The lowest BCUT2D eigenvalue weighted by Crippen LogP contribution is -2.39. The minimum absolute atomic E-state index is 0.204. The number of imidazole rings is 1. The van der Waals surface area contributed by atoms with Gasteiger partial charge in [-0.15, -0.1) is 0 Å². The lowest BCUT2D eigenvalue weighted by molar-refractivity contribution is 0.413. The van der Waals surface area contributed by atoms with Crippen LogP contribution in [-0.4, -0.2) is 45.3 Å². The molecular formula is C25H26F2N6O2. The van der Waals surface area contributed by atoms with Crippen LogP contribution in [0.15, 0.2) is 53.5 Å². The van der Waals surface area contributed by atoms with Gasteiger partial charge in [0, 0.05) is 24.2 Å². The summed E-state index contributed by atoms with van der Waals surface area (Å²) < 4.78 is 36.8. The number of aromatic nitrogens is 4. The van der Waals surface area contributed by atoms with Gasteiger partial charge in [-0.2, -0.15) is 4.98 Å². The molecule has 1 aliphatic heterocycles. The molecule has 4 aromatic rings. The predicted molar refractivity (Wildman–Crippen MR) is 129 cm³/mol. The number of methoxy groups -OCH3 is 1. The molecule has 3 heterocycles. The van der Waals surface area contributed by atoms with Crippen molar-refractivity contribution in [3.8, 4) is 11.4 Å². The molecule has 1 fully saturated rings. The van der Waals surface area contributed by atoms with Crippen LogP contribution in [0.3, 0.4) is 0 Å². The van der Waals surface area contributed by atoms with Gasteiger partial charge in [0.15, 0.2) is 5.65 Å². The normalized spacial score (nSPS) is 15.9. The molecule has 0 aliphatic carbocycles. The van der Waals surface area contributed by atoms with Crippen LogP contribution in [0.5, 0.6) is 5.75 Å². The molecule has 0 radical (unpaired) electrons. The summed E-state index contributed by atoms with van der Waals surface area (Å²) in [7, 11) is 1.54. The van der Waals surface area contributed by atoms with Gasteiger partial charge in [-0.1, -0.05) is 18.6 Å². The Morgan fingerprint density at radius 2 is 1.97 bits per heavy atom. The van der Waals surface area contributed by atoms with Crippen LogP contribution in [0.2, 0.25) is 0 Å². The SMILES string of the molecule is COc1cccc(-n2c(=O)n(Cc3c(F)cccc3F)c3cnc(NCC4CCCCN4)nc32)c1. The minimum atomic E-state index is -0.724. The molecule has 1 saturated heterocycles. The van der Waals surface area contributed by atoms with Gasteiger partial charge in [0.05, 0.1) is 25.5 Å². The van der Waals surface area contributed by atoms with Crippen molar-refractivity contribution in [3.63, 3.8) is 0 Å². The first kappa shape index (κ1) is 23.0. The smallest absolute Gasteiger partial charge is 0.335 e. The quantitative estimate of drug-likeness (QED) is 0.421. The van der Waals surface area contributed by atoms with E-state index in [0.29, 0.717) is 41.1 Å². The Labute approximate surface area is 200 Å². The minimum Gasteiger partial charge on any atom is -0.497 e. The zero-order valence-corrected chi connectivity index (χ0v) is 19.3. The molecule has 2 aromatic heterocycles. The Bertz CT molecular complexity index is 1390. The van der Waals surface area contributed by atoms with Gasteiger partial charge in [0.25, 0.3) is 0 Å². The van der Waals surface area contributed by atoms with Gasteiger partial charge < -0.3 is 15.4 Å². The first-order chi connectivity index (χ1) is 17.0. The summed E-state index contributed by atoms with van der Waals surface area (Å²) in [5, 5.41) is 6.72. The molecule has 0 saturated carbocycles. The van der Waals surface area contributed by atoms with Crippen LogP contribution in [0.1, 0.15) is 24.8 Å². The van der Waals surface area contributed by atoms with E-state index in [1.54, 1.807) is 24.3 Å². The Balaban J connectivity index is 1.60. The average Bonchev–Trinajstić information content (AvgIpc) is 3.16. The summed E-state index contributed by atoms with van der Waals surface area (Å²) >= 11 is 0. The van der Waals surface area contributed by atoms with Gasteiger partial charge in [0.2, 0.25) is 5.95 Å². The van der Waals surface area contributed by atoms with Gasteiger partial charge in [-0.05, 0) is 43.7 Å². The highest BCUT2D eigenvalue weighted by atomic mass is 19.1. The fourth-order valence-electron chi connectivity index (χ4n) is 4.41. The molecule has 0 amide bonds. The monoisotopic (exact) mass is 480 g/mol. The molecular weight excluding hydrogens is 454 g/mol. The van der Waals surface area contributed by atoms with Gasteiger partial charge >= 0.3 is 5.69 Å². The Hall–Kier alpha value is -3.79. The topological polar surface area (TPSA) is 86.0 Å². The summed E-state index contributed by atoms with van der Waals surface area (Å²) in [6.07, 6.45) is 4.91. The van der Waals surface area contributed by atoms with Crippen molar-refractivity contribution in [2.75, 3.05) is 25.5 Å². The number of nitrogens with one attached hydrogen (secondary N) is 2. The highest BCUT2D eigenvalue weighted by Gasteiger charge is 2.21. The van der Waals surface area contributed by atoms with E-state index in [9.17, 15) is 13.6 Å². The number of hydrogen-bond donors (Lipinski definition) is 2. The van der Waals surface area contributed by atoms with Gasteiger partial charge in [-0.25, -0.2) is 23.1 Å². The number of benzene rings is 2. The van der Waals surface area contributed by atoms with Crippen molar-refractivity contribution >= 4 is 17.1 Å². The Morgan fingerprint density at radius 1 is 1.17 bits per heavy atom. The largest absolute Gasteiger partial charge is 0.497 e. The van der Waals surface area contributed by atoms with Crippen LogP contribution in [0, 0.1) is 11.6 Å². The van der Waals surface area contributed by atoms with E-state index in [1.807, 2.05) is 0 Å². The third-order valence-corrected chi connectivity index (χ3v) is 6.28. The number of nitrogens with zero attached hydrogens (tertiary/aromatic N) is 4. The summed E-state index contributed by atoms with van der Waals surface area (Å²) in [5.74, 6) is -0.515. The lowest BCUT2D eigenvalue weighted by Gasteiger charge is -2.23. The van der Waals surface area contributed by atoms with Crippen molar-refractivity contribution < 1.29 is 13.5 Å². The molecule has 1 aliphatic rings. The number of piperidine rings is 1. The molecule has 2 aromatic carbocycles. The summed E-state index contributed by atoms with van der Waals surface area (Å²) in [6.45, 7) is 1.33. The molecule has 2 N–H and O–H groups in total. The van der Waals surface area contributed by atoms with E-state index in [0.717, 1.165) is 13.0 Å². The summed E-state index contributed by atoms with van der Waals surface area (Å²) in [6, 6.07) is 10.9. The van der Waals surface area contributed by atoms with Crippen LogP contribution in [-0.2, 0) is 6.54 Å². The molecule has 8 nitrogen and oxygen atoms in total. The van der Waals surface area contributed by atoms with E-state index in [-0.39, 0.29) is 12.1 Å². The standard InChI is InChI=1S/C25H26F2N6O2/c1-35-18-8-4-7-17(12-18)33-23-22(14-30-24(31-23)29-13-16-6-2-3-11-28-16)32(25(33)34)15-19-20(26)9-5-10-21(19)27/h4-5,7-10,12,14,16,28H,2-3,6,11,13,15H2,1H3,(H,29,30,31). The number of hydrogen-bond acceptors (Lipinski definition) is 6. The molecule has 35 heavy (non-hydrogen) atoms. The van der Waals surface area contributed by atoms with E-state index < -0.39 is 17.3 Å². The molecule has 0 spiro atoms. The van der Waals surface area contributed by atoms with Crippen LogP contribution >= 0.6 is 0 Å². The second-order valence-electron chi connectivity index (χ2n) is 8.54. The summed E-state index contributed by atoms with van der Waals surface area (Å²) in [5.41, 5.74) is 0.516. The zero-order chi connectivity index (χ0) is 24.4. The number of ether oxygens (including phenoxy) is 1. The number of anilines is 1. The highest BCUT2D eigenvalue weighted by Crippen LogP contribution is 2.22. The summed E-state index contributed by atoms with van der Waals surface area (Å²) in [4.78, 5) is 22.6. The molecule has 5 rings (SSSR count). The highest BCUT2D eigenvalue weighted by molar-refractivity contribution is 5.74. The van der Waals surface area contributed by atoms with E-state index in [2.05, 4.69) is 20.6 Å². The van der Waals surface area contributed by atoms with E-state index >= 15 is 0 Å². The van der Waals surface area contributed by atoms with Crippen LogP contribution < -0.4 is 21.1 Å². The van der Waals surface area contributed by atoms with Crippen molar-refractivity contribution in [2.45, 2.75) is 31.8 Å². The molecule has 0 bridgehead atoms. The number of rotatable bonds is 7. The van der Waals surface area contributed by atoms with Crippen molar-refractivity contribution in [2.24, 2.45) is 0 Å². The zero-order valence-electron chi connectivity index (χ0n) is 19.3. The molecule has 10 heteroatoms. The maximum atomic E-state index is 14.4. The lowest BCUT2D eigenvalue weighted by atomic mass is 10.1. The Kier molecular flexibility index (Phi) is 6.45. The van der Waals surface area contributed by atoms with Crippen molar-refractivity contribution in [1.29, 1.82) is 0 Å². The maximum absolute atomic E-state index is 14.4. The fraction of sp³-hybridized carbons (Fsp3) is 0.320. The molecule has 182 valence electrons. The molecule has 1 atom stereocenters. The van der Waals surface area contributed by atoms with E-state index in [1.165, 1.54) is 53.5 Å². The molecule has 1 unspecified atom stereocenters. The predicted octanol–water partition coefficient (Wildman–Crippen LogP) is 3.47. The van der Waals surface area contributed by atoms with Gasteiger partial charge in [0.1, 0.15) is 22.9 Å². The van der Waals surface area contributed by atoms with E-state index in [4.69, 9.17) is 4.74 Å². The van der Waals surface area contributed by atoms with Crippen LogP contribution in [0.4, 0.5) is 14.7 Å². The first-order valence-electron chi connectivity index (χ1n) is 11.6. The third-order valence-electron chi connectivity index (χ3n) is 6.28. The second-order valence-corrected chi connectivity index (χ2v) is 8.54. The number of halogens is 2. The van der Waals surface area contributed by atoms with Crippen molar-refractivity contribution in [3.05, 3.63) is 76.3 Å². The van der Waals surface area contributed by atoms with Crippen molar-refractivity contribution in [1.82, 2.24) is 24.4 Å². The fourth-order valence-corrected chi connectivity index (χ4v) is 4.41. The third kappa shape index (κ3) is 4.61. The van der Waals surface area contributed by atoms with Crippen LogP contribution in [0.25, 0.3) is 16.9 Å². The first-order valence-corrected chi connectivity index (χ1v) is 11.6. The second kappa shape index (κ2) is 9.83. The average molecular weight is 481 g/mol. The Morgan fingerprint density at radius 3 is 2.71 bits per heavy atom. The van der Waals surface area contributed by atoms with Gasteiger partial charge in [-0.3, -0.25) is 4.57 Å². The maximum Gasteiger partial charge on any atom is 0.335 e.